The molecule has 3 rings (SSSR count). The molecule has 0 unspecified atom stereocenters. The van der Waals surface area contributed by atoms with E-state index in [-0.39, 0.29) is 11.4 Å². The number of rotatable bonds is 6. The third kappa shape index (κ3) is 5.32. The third-order valence-electron chi connectivity index (χ3n) is 4.56. The van der Waals surface area contributed by atoms with E-state index in [0.717, 1.165) is 48.5 Å². The molecule has 0 aromatic heterocycles. The highest BCUT2D eigenvalue weighted by atomic mass is 32.2. The molecule has 1 N–H and O–H groups in total. The van der Waals surface area contributed by atoms with Crippen molar-refractivity contribution in [3.63, 3.8) is 0 Å². The van der Waals surface area contributed by atoms with Crippen molar-refractivity contribution in [1.82, 2.24) is 9.62 Å². The molecule has 0 radical (unpaired) electrons. The number of nitrogens with one attached hydrogen (secondary N) is 1. The van der Waals surface area contributed by atoms with Gasteiger partial charge in [0.25, 0.3) is 0 Å². The Morgan fingerprint density at radius 2 is 1.57 bits per heavy atom. The van der Waals surface area contributed by atoms with Gasteiger partial charge in [-0.15, -0.1) is 0 Å². The Hall–Kier alpha value is -1.94. The number of sulfonamides is 1. The minimum Gasteiger partial charge on any atom is -0.379 e. The largest absolute Gasteiger partial charge is 0.416 e. The van der Waals surface area contributed by atoms with E-state index in [4.69, 9.17) is 4.74 Å². The lowest BCUT2D eigenvalue weighted by molar-refractivity contribution is -0.137. The maximum Gasteiger partial charge on any atom is 0.416 e. The van der Waals surface area contributed by atoms with Gasteiger partial charge < -0.3 is 4.74 Å². The van der Waals surface area contributed by atoms with Crippen molar-refractivity contribution in [3.05, 3.63) is 65.2 Å². The van der Waals surface area contributed by atoms with Gasteiger partial charge in [0.15, 0.2) is 0 Å². The highest BCUT2D eigenvalue weighted by molar-refractivity contribution is 7.89. The van der Waals surface area contributed by atoms with Gasteiger partial charge in [-0.2, -0.15) is 13.2 Å². The van der Waals surface area contributed by atoms with Crippen LogP contribution in [0.1, 0.15) is 16.7 Å². The zero-order valence-corrected chi connectivity index (χ0v) is 15.9. The Balaban J connectivity index is 1.69. The number of morpholine rings is 1. The van der Waals surface area contributed by atoms with E-state index in [2.05, 4.69) is 9.62 Å². The van der Waals surface area contributed by atoms with E-state index in [1.54, 1.807) is 0 Å². The number of alkyl halides is 3. The molecule has 9 heteroatoms. The summed E-state index contributed by atoms with van der Waals surface area (Å²) < 4.78 is 70.6. The second-order valence-electron chi connectivity index (χ2n) is 6.50. The number of nitrogens with zero attached hydrogens (tertiary/aromatic N) is 1. The molecule has 1 aliphatic heterocycles. The van der Waals surface area contributed by atoms with Crippen LogP contribution in [0, 0.1) is 0 Å². The van der Waals surface area contributed by atoms with Crippen LogP contribution in [0.4, 0.5) is 13.2 Å². The van der Waals surface area contributed by atoms with E-state index in [0.29, 0.717) is 19.8 Å². The van der Waals surface area contributed by atoms with Crippen LogP contribution in [0.5, 0.6) is 0 Å². The van der Waals surface area contributed by atoms with Gasteiger partial charge in [-0.3, -0.25) is 4.90 Å². The summed E-state index contributed by atoms with van der Waals surface area (Å²) >= 11 is 0. The topological polar surface area (TPSA) is 58.6 Å². The van der Waals surface area contributed by atoms with E-state index in [9.17, 15) is 21.6 Å². The van der Waals surface area contributed by atoms with Gasteiger partial charge in [0.2, 0.25) is 10.0 Å². The molecule has 1 heterocycles. The van der Waals surface area contributed by atoms with Crippen molar-refractivity contribution in [2.45, 2.75) is 24.2 Å². The molecule has 152 valence electrons. The maximum absolute atomic E-state index is 12.6. The first-order valence-corrected chi connectivity index (χ1v) is 10.3. The second-order valence-corrected chi connectivity index (χ2v) is 8.27. The summed E-state index contributed by atoms with van der Waals surface area (Å²) in [6, 6.07) is 11.0. The van der Waals surface area contributed by atoms with Crippen LogP contribution in [-0.4, -0.2) is 39.6 Å². The molecule has 0 amide bonds. The van der Waals surface area contributed by atoms with Crippen LogP contribution in [0.15, 0.2) is 53.4 Å². The van der Waals surface area contributed by atoms with Gasteiger partial charge in [-0.1, -0.05) is 24.3 Å². The highest BCUT2D eigenvalue weighted by Gasteiger charge is 2.30. The van der Waals surface area contributed by atoms with Crippen LogP contribution >= 0.6 is 0 Å². The number of hydrogen-bond acceptors (Lipinski definition) is 4. The minimum atomic E-state index is -4.51. The molecule has 2 aromatic rings. The fourth-order valence-electron chi connectivity index (χ4n) is 2.96. The molecule has 0 aliphatic carbocycles. The zero-order chi connectivity index (χ0) is 20.2. The van der Waals surface area contributed by atoms with Gasteiger partial charge in [0, 0.05) is 26.2 Å². The molecule has 1 fully saturated rings. The van der Waals surface area contributed by atoms with E-state index in [1.807, 2.05) is 24.3 Å². The van der Waals surface area contributed by atoms with Gasteiger partial charge in [0.05, 0.1) is 23.7 Å². The van der Waals surface area contributed by atoms with Gasteiger partial charge in [-0.25, -0.2) is 13.1 Å². The number of halogens is 3. The van der Waals surface area contributed by atoms with Crippen LogP contribution < -0.4 is 4.72 Å². The average molecular weight is 414 g/mol. The second kappa shape index (κ2) is 8.60. The van der Waals surface area contributed by atoms with Crippen LogP contribution in [-0.2, 0) is 34.0 Å². The Kier molecular flexibility index (Phi) is 6.39. The summed E-state index contributed by atoms with van der Waals surface area (Å²) in [6.45, 7) is 3.70. The lowest BCUT2D eigenvalue weighted by Crippen LogP contribution is -2.36. The lowest BCUT2D eigenvalue weighted by atomic mass is 10.1. The molecule has 0 bridgehead atoms. The number of benzene rings is 2. The summed E-state index contributed by atoms with van der Waals surface area (Å²) in [5, 5.41) is 0. The summed E-state index contributed by atoms with van der Waals surface area (Å²) in [7, 11) is -3.92. The van der Waals surface area contributed by atoms with Gasteiger partial charge >= 0.3 is 6.18 Å². The first-order valence-electron chi connectivity index (χ1n) is 8.79. The quantitative estimate of drug-likeness (QED) is 0.790. The Bertz CT molecular complexity index is 893. The predicted octanol–water partition coefficient (Wildman–Crippen LogP) is 3.02. The molecule has 5 nitrogen and oxygen atoms in total. The van der Waals surface area contributed by atoms with Crippen molar-refractivity contribution in [2.24, 2.45) is 0 Å². The number of hydrogen-bond donors (Lipinski definition) is 1. The fraction of sp³-hybridized carbons (Fsp3) is 0.368. The number of ether oxygens (including phenoxy) is 1. The Morgan fingerprint density at radius 3 is 2.18 bits per heavy atom. The predicted molar refractivity (Wildman–Crippen MR) is 98.0 cm³/mol. The first-order chi connectivity index (χ1) is 13.3. The smallest absolute Gasteiger partial charge is 0.379 e. The lowest BCUT2D eigenvalue weighted by Gasteiger charge is -2.27. The minimum absolute atomic E-state index is 0.0594. The Morgan fingerprint density at radius 1 is 0.964 bits per heavy atom. The van der Waals surface area contributed by atoms with E-state index in [1.165, 1.54) is 0 Å². The molecule has 2 aromatic carbocycles. The molecule has 28 heavy (non-hydrogen) atoms. The molecule has 1 saturated heterocycles. The van der Waals surface area contributed by atoms with Crippen molar-refractivity contribution < 1.29 is 26.3 Å². The molecule has 1 aliphatic rings. The fourth-order valence-corrected chi connectivity index (χ4v) is 3.97. The third-order valence-corrected chi connectivity index (χ3v) is 5.98. The van der Waals surface area contributed by atoms with Crippen LogP contribution in [0.2, 0.25) is 0 Å². The average Bonchev–Trinajstić information content (AvgIpc) is 2.68. The van der Waals surface area contributed by atoms with Crippen LogP contribution in [0.25, 0.3) is 0 Å². The van der Waals surface area contributed by atoms with E-state index < -0.39 is 21.8 Å². The van der Waals surface area contributed by atoms with Gasteiger partial charge in [0.1, 0.15) is 0 Å². The SMILES string of the molecule is O=S(=O)(NCc1ccccc1CN1CCOCC1)c1ccc(C(F)(F)F)cc1. The summed E-state index contributed by atoms with van der Waals surface area (Å²) in [5.74, 6) is 0. The monoisotopic (exact) mass is 414 g/mol. The molecular formula is C19H21F3N2O3S. The molecule has 0 spiro atoms. The van der Waals surface area contributed by atoms with Crippen molar-refractivity contribution in [1.29, 1.82) is 0 Å². The normalized spacial score (nSPS) is 16.2. The molecule has 0 saturated carbocycles. The van der Waals surface area contributed by atoms with Crippen LogP contribution in [0.3, 0.4) is 0 Å². The van der Waals surface area contributed by atoms with Crippen molar-refractivity contribution in [3.8, 4) is 0 Å². The first kappa shape index (κ1) is 20.8. The van der Waals surface area contributed by atoms with E-state index >= 15 is 0 Å². The van der Waals surface area contributed by atoms with Crippen molar-refractivity contribution in [2.75, 3.05) is 26.3 Å². The summed E-state index contributed by atoms with van der Waals surface area (Å²) in [4.78, 5) is 2.03. The van der Waals surface area contributed by atoms with Crippen molar-refractivity contribution >= 4 is 10.0 Å². The summed E-state index contributed by atoms with van der Waals surface area (Å²) in [5.41, 5.74) is 0.936. The molecule has 0 atom stereocenters. The highest BCUT2D eigenvalue weighted by Crippen LogP contribution is 2.29. The molecular weight excluding hydrogens is 393 g/mol. The Labute approximate surface area is 162 Å². The zero-order valence-electron chi connectivity index (χ0n) is 15.1. The summed E-state index contributed by atoms with van der Waals surface area (Å²) in [6.07, 6.45) is -4.51. The standard InChI is InChI=1S/C19H21F3N2O3S/c20-19(21,22)17-5-7-18(8-6-17)28(25,26)23-13-15-3-1-2-4-16(15)14-24-9-11-27-12-10-24/h1-8,23H,9-14H2. The van der Waals surface area contributed by atoms with Gasteiger partial charge in [-0.05, 0) is 35.4 Å². The maximum atomic E-state index is 12.6.